The fraction of sp³-hybridized carbons (Fsp3) is 0.200. The van der Waals surface area contributed by atoms with E-state index in [1.165, 1.54) is 12.3 Å². The summed E-state index contributed by atoms with van der Waals surface area (Å²) in [6, 6.07) is 4.08. The summed E-state index contributed by atoms with van der Waals surface area (Å²) in [6.07, 6.45) is 1.85. The van der Waals surface area contributed by atoms with Crippen LogP contribution in [0.2, 0.25) is 0 Å². The van der Waals surface area contributed by atoms with Crippen molar-refractivity contribution in [3.63, 3.8) is 0 Å². The molecule has 1 aromatic heterocycles. The molecule has 0 radical (unpaired) electrons. The number of aliphatic hydroxyl groups is 1. The first-order chi connectivity index (χ1) is 9.75. The summed E-state index contributed by atoms with van der Waals surface area (Å²) in [4.78, 5) is 3.94. The Hall–Kier alpha value is -2.34. The number of halogens is 2. The van der Waals surface area contributed by atoms with E-state index in [4.69, 9.17) is 11.1 Å². The van der Waals surface area contributed by atoms with Gasteiger partial charge in [0.2, 0.25) is 0 Å². The minimum absolute atomic E-state index is 0.0708. The zero-order valence-electron chi connectivity index (χ0n) is 11.6. The Bertz CT molecular complexity index is 748. The number of fused-ring (bicyclic) bond motifs is 1. The lowest BCUT2D eigenvalue weighted by Crippen LogP contribution is -2.16. The third-order valence-corrected chi connectivity index (χ3v) is 3.15. The molecule has 6 heteroatoms. The van der Waals surface area contributed by atoms with Gasteiger partial charge >= 0.3 is 0 Å². The maximum Gasteiger partial charge on any atom is 0.164 e. The van der Waals surface area contributed by atoms with E-state index in [9.17, 15) is 13.9 Å². The van der Waals surface area contributed by atoms with Crippen LogP contribution in [-0.2, 0) is 5.60 Å². The minimum Gasteiger partial charge on any atom is -0.396 e. The van der Waals surface area contributed by atoms with Gasteiger partial charge in [0.1, 0.15) is 11.3 Å². The van der Waals surface area contributed by atoms with Crippen molar-refractivity contribution in [3.05, 3.63) is 47.2 Å². The summed E-state index contributed by atoms with van der Waals surface area (Å²) < 4.78 is 27.5. The number of nitrogens with zero attached hydrogens (tertiary/aromatic N) is 1. The molecule has 0 bridgehead atoms. The summed E-state index contributed by atoms with van der Waals surface area (Å²) in [7, 11) is 0. The van der Waals surface area contributed by atoms with Crippen molar-refractivity contribution in [2.75, 3.05) is 0 Å². The number of benzene rings is 1. The van der Waals surface area contributed by atoms with E-state index in [1.54, 1.807) is 19.9 Å². The van der Waals surface area contributed by atoms with Gasteiger partial charge in [-0.15, -0.1) is 0 Å². The van der Waals surface area contributed by atoms with Gasteiger partial charge in [0.05, 0.1) is 17.5 Å². The van der Waals surface area contributed by atoms with E-state index in [0.717, 1.165) is 6.07 Å². The smallest absolute Gasteiger partial charge is 0.164 e. The summed E-state index contributed by atoms with van der Waals surface area (Å²) >= 11 is 0. The lowest BCUT2D eigenvalue weighted by atomic mass is 9.93. The van der Waals surface area contributed by atoms with Crippen LogP contribution in [0.1, 0.15) is 25.0 Å². The van der Waals surface area contributed by atoms with Crippen molar-refractivity contribution < 1.29 is 13.9 Å². The number of allylic oxidation sites excluding steroid dienone is 1. The number of hydrogen-bond donors (Lipinski definition) is 3. The van der Waals surface area contributed by atoms with Gasteiger partial charge in [-0.05, 0) is 37.6 Å². The second-order valence-corrected chi connectivity index (χ2v) is 5.18. The molecule has 0 aliphatic rings. The Kier molecular flexibility index (Phi) is 3.74. The largest absolute Gasteiger partial charge is 0.396 e. The van der Waals surface area contributed by atoms with Crippen molar-refractivity contribution in [2.24, 2.45) is 5.73 Å². The number of aromatic nitrogens is 1. The highest BCUT2D eigenvalue weighted by Gasteiger charge is 2.21. The third kappa shape index (κ3) is 2.75. The molecule has 0 amide bonds. The van der Waals surface area contributed by atoms with Crippen LogP contribution >= 0.6 is 0 Å². The van der Waals surface area contributed by atoms with Gasteiger partial charge in [0.25, 0.3) is 0 Å². The molecule has 0 aliphatic heterocycles. The molecule has 0 saturated heterocycles. The summed E-state index contributed by atoms with van der Waals surface area (Å²) in [5.74, 6) is -1.63. The zero-order chi connectivity index (χ0) is 15.8. The van der Waals surface area contributed by atoms with Crippen LogP contribution in [0.4, 0.5) is 8.78 Å². The van der Waals surface area contributed by atoms with E-state index < -0.39 is 17.2 Å². The molecule has 2 rings (SSSR count). The van der Waals surface area contributed by atoms with Crippen LogP contribution in [0.3, 0.4) is 0 Å². The average molecular weight is 291 g/mol. The highest BCUT2D eigenvalue weighted by atomic mass is 19.1. The lowest BCUT2D eigenvalue weighted by Gasteiger charge is -2.20. The molecular formula is C15H15F2N3O. The summed E-state index contributed by atoms with van der Waals surface area (Å²) in [5, 5.41) is 17.4. The molecule has 0 spiro atoms. The molecule has 0 fully saturated rings. The third-order valence-electron chi connectivity index (χ3n) is 3.15. The van der Waals surface area contributed by atoms with E-state index in [-0.39, 0.29) is 16.8 Å². The number of hydrogen-bond acceptors (Lipinski definition) is 4. The lowest BCUT2D eigenvalue weighted by molar-refractivity contribution is 0.0801. The number of rotatable bonds is 3. The van der Waals surface area contributed by atoms with Crippen molar-refractivity contribution in [2.45, 2.75) is 19.4 Å². The zero-order valence-corrected chi connectivity index (χ0v) is 11.6. The maximum absolute atomic E-state index is 14.1. The fourth-order valence-electron chi connectivity index (χ4n) is 2.12. The molecule has 4 N–H and O–H groups in total. The molecule has 110 valence electrons. The predicted octanol–water partition coefficient (Wildman–Crippen LogP) is 2.85. The molecule has 0 aliphatic carbocycles. The molecule has 21 heavy (non-hydrogen) atoms. The maximum atomic E-state index is 14.1. The normalized spacial score (nSPS) is 13.2. The number of nitrogens with one attached hydrogen (secondary N) is 1. The number of pyridine rings is 1. The Labute approximate surface area is 120 Å². The van der Waals surface area contributed by atoms with Gasteiger partial charge in [-0.3, -0.25) is 4.98 Å². The standard InChI is InChI=1S/C15H15F2N3O/c1-15(2,21)10-3-4-20-14-9(10)5-8(6-11(14)16)13(19)12(17)7-18/h3-7,18,21H,19H2,1-2H3. The second kappa shape index (κ2) is 5.21. The molecule has 0 atom stereocenters. The van der Waals surface area contributed by atoms with Crippen LogP contribution in [0, 0.1) is 11.2 Å². The van der Waals surface area contributed by atoms with Crippen LogP contribution < -0.4 is 5.73 Å². The predicted molar refractivity (Wildman–Crippen MR) is 77.9 cm³/mol. The van der Waals surface area contributed by atoms with E-state index in [2.05, 4.69) is 4.98 Å². The van der Waals surface area contributed by atoms with Crippen LogP contribution in [0.15, 0.2) is 30.2 Å². The first-order valence-corrected chi connectivity index (χ1v) is 6.23. The Morgan fingerprint density at radius 2 is 2.10 bits per heavy atom. The highest BCUT2D eigenvalue weighted by Crippen LogP contribution is 2.30. The highest BCUT2D eigenvalue weighted by molar-refractivity contribution is 5.91. The molecule has 0 saturated carbocycles. The van der Waals surface area contributed by atoms with Gasteiger partial charge in [-0.25, -0.2) is 8.78 Å². The molecular weight excluding hydrogens is 276 g/mol. The van der Waals surface area contributed by atoms with Crippen molar-refractivity contribution in [1.82, 2.24) is 4.98 Å². The van der Waals surface area contributed by atoms with Gasteiger partial charge in [-0.2, -0.15) is 0 Å². The van der Waals surface area contributed by atoms with Gasteiger partial charge < -0.3 is 16.2 Å². The molecule has 1 aromatic carbocycles. The quantitative estimate of drug-likeness (QED) is 0.760. The second-order valence-electron chi connectivity index (χ2n) is 5.18. The van der Waals surface area contributed by atoms with Gasteiger partial charge in [-0.1, -0.05) is 0 Å². The Morgan fingerprint density at radius 1 is 1.43 bits per heavy atom. The van der Waals surface area contributed by atoms with E-state index in [1.807, 2.05) is 0 Å². The minimum atomic E-state index is -1.22. The molecule has 4 nitrogen and oxygen atoms in total. The summed E-state index contributed by atoms with van der Waals surface area (Å²) in [6.45, 7) is 3.12. The van der Waals surface area contributed by atoms with Crippen molar-refractivity contribution in [1.29, 1.82) is 5.41 Å². The van der Waals surface area contributed by atoms with Crippen molar-refractivity contribution in [3.8, 4) is 0 Å². The monoisotopic (exact) mass is 291 g/mol. The molecule has 2 aromatic rings. The first-order valence-electron chi connectivity index (χ1n) is 6.23. The van der Waals surface area contributed by atoms with Crippen LogP contribution in [-0.4, -0.2) is 16.3 Å². The molecule has 0 unspecified atom stereocenters. The summed E-state index contributed by atoms with van der Waals surface area (Å²) in [5.41, 5.74) is 4.64. The fourth-order valence-corrected chi connectivity index (χ4v) is 2.12. The van der Waals surface area contributed by atoms with Gasteiger partial charge in [0.15, 0.2) is 5.83 Å². The van der Waals surface area contributed by atoms with Crippen LogP contribution in [0.25, 0.3) is 16.6 Å². The van der Waals surface area contributed by atoms with E-state index >= 15 is 0 Å². The van der Waals surface area contributed by atoms with Crippen LogP contribution in [0.5, 0.6) is 0 Å². The number of nitrogens with two attached hydrogens (primary N) is 1. The SMILES string of the molecule is CC(C)(O)c1ccnc2c(F)cc(C(N)=C(F)C=N)cc12. The van der Waals surface area contributed by atoms with E-state index in [0.29, 0.717) is 17.2 Å². The average Bonchev–Trinajstić information content (AvgIpc) is 2.43. The first kappa shape index (κ1) is 15.1. The Morgan fingerprint density at radius 3 is 2.67 bits per heavy atom. The topological polar surface area (TPSA) is 83.0 Å². The Balaban J connectivity index is 2.83. The van der Waals surface area contributed by atoms with Gasteiger partial charge in [0, 0.05) is 17.1 Å². The van der Waals surface area contributed by atoms with Crippen molar-refractivity contribution >= 4 is 22.8 Å². The molecule has 1 heterocycles.